The minimum atomic E-state index is -0.338. The second-order valence-corrected chi connectivity index (χ2v) is 14.2. The number of benzene rings is 2. The minimum absolute atomic E-state index is 0.125. The fourth-order valence-electron chi connectivity index (χ4n) is 6.43. The van der Waals surface area contributed by atoms with Gasteiger partial charge in [-0.3, -0.25) is 9.59 Å². The number of carbonyl (C=O) groups is 2. The standard InChI is InChI=1S/C31H30Cl2F2N2O2S2/c32-26-22-11-5-18(34)14-24(22)40-28(26)30(38)36-20-7-1-16(2-8-20)13-17-3-9-21(10-4-17)37-31(39)29-27(33)23-12-6-19(35)15-25(23)41-29/h5-6,11-12,14-17,20-21H,1-4,7-10,13H2,(H,36,38)(H,37,39). The largest absolute Gasteiger partial charge is 0.349 e. The summed E-state index contributed by atoms with van der Waals surface area (Å²) in [4.78, 5) is 26.8. The summed E-state index contributed by atoms with van der Waals surface area (Å²) in [5, 5.41) is 8.52. The molecule has 41 heavy (non-hydrogen) atoms. The number of rotatable bonds is 6. The lowest BCUT2D eigenvalue weighted by atomic mass is 9.75. The zero-order chi connectivity index (χ0) is 28.7. The van der Waals surface area contributed by atoms with Gasteiger partial charge >= 0.3 is 0 Å². The molecule has 0 spiro atoms. The average Bonchev–Trinajstić information content (AvgIpc) is 3.46. The van der Waals surface area contributed by atoms with Crippen molar-refractivity contribution in [2.24, 2.45) is 11.8 Å². The molecule has 2 N–H and O–H groups in total. The Labute approximate surface area is 255 Å². The van der Waals surface area contributed by atoms with Crippen LogP contribution in [0.5, 0.6) is 0 Å². The van der Waals surface area contributed by atoms with Crippen LogP contribution < -0.4 is 10.6 Å². The zero-order valence-electron chi connectivity index (χ0n) is 22.3. The summed E-state index contributed by atoms with van der Waals surface area (Å²) in [5.41, 5.74) is 0. The minimum Gasteiger partial charge on any atom is -0.349 e. The van der Waals surface area contributed by atoms with E-state index in [-0.39, 0.29) is 35.5 Å². The summed E-state index contributed by atoms with van der Waals surface area (Å²) in [5.74, 6) is 0.263. The molecule has 2 aliphatic carbocycles. The first-order valence-electron chi connectivity index (χ1n) is 14.1. The van der Waals surface area contributed by atoms with Gasteiger partial charge in [0.25, 0.3) is 11.8 Å². The molecule has 2 fully saturated rings. The van der Waals surface area contributed by atoms with E-state index < -0.39 is 0 Å². The Kier molecular flexibility index (Phi) is 8.55. The van der Waals surface area contributed by atoms with E-state index in [2.05, 4.69) is 10.6 Å². The molecule has 0 unspecified atom stereocenters. The second-order valence-electron chi connectivity index (χ2n) is 11.4. The molecule has 4 aromatic rings. The third-order valence-corrected chi connectivity index (χ3v) is 11.9. The lowest BCUT2D eigenvalue weighted by Gasteiger charge is -2.34. The number of hydrogen-bond donors (Lipinski definition) is 2. The van der Waals surface area contributed by atoms with Gasteiger partial charge in [0.1, 0.15) is 21.4 Å². The van der Waals surface area contributed by atoms with Crippen molar-refractivity contribution in [2.75, 3.05) is 0 Å². The van der Waals surface area contributed by atoms with Crippen molar-refractivity contribution in [1.82, 2.24) is 10.6 Å². The van der Waals surface area contributed by atoms with E-state index in [4.69, 9.17) is 23.2 Å². The molecule has 4 nitrogen and oxygen atoms in total. The number of nitrogens with one attached hydrogen (secondary N) is 2. The van der Waals surface area contributed by atoms with Crippen LogP contribution in [-0.4, -0.2) is 23.9 Å². The smallest absolute Gasteiger partial charge is 0.263 e. The fourth-order valence-corrected chi connectivity index (χ4v) is 9.32. The molecule has 2 saturated carbocycles. The molecule has 2 heterocycles. The molecule has 216 valence electrons. The number of carbonyl (C=O) groups excluding carboxylic acids is 2. The van der Waals surface area contributed by atoms with Crippen LogP contribution in [0.15, 0.2) is 36.4 Å². The first kappa shape index (κ1) is 28.8. The maximum Gasteiger partial charge on any atom is 0.263 e. The van der Waals surface area contributed by atoms with Crippen LogP contribution in [0.2, 0.25) is 10.0 Å². The Morgan fingerprint density at radius 2 is 1.07 bits per heavy atom. The second kappa shape index (κ2) is 12.2. The van der Waals surface area contributed by atoms with Crippen LogP contribution in [0.1, 0.15) is 77.1 Å². The molecule has 0 aliphatic heterocycles. The van der Waals surface area contributed by atoms with Gasteiger partial charge in [-0.2, -0.15) is 0 Å². The maximum atomic E-state index is 13.6. The molecule has 2 aliphatic rings. The third kappa shape index (κ3) is 6.26. The molecular weight excluding hydrogens is 605 g/mol. The predicted molar refractivity (Wildman–Crippen MR) is 165 cm³/mol. The van der Waals surface area contributed by atoms with Crippen molar-refractivity contribution in [1.29, 1.82) is 0 Å². The highest BCUT2D eigenvalue weighted by Gasteiger charge is 2.29. The van der Waals surface area contributed by atoms with E-state index in [1.165, 1.54) is 53.4 Å². The molecule has 0 radical (unpaired) electrons. The molecule has 0 saturated heterocycles. The van der Waals surface area contributed by atoms with Crippen molar-refractivity contribution in [2.45, 2.75) is 69.9 Å². The number of amides is 2. The van der Waals surface area contributed by atoms with E-state index in [9.17, 15) is 18.4 Å². The first-order valence-corrected chi connectivity index (χ1v) is 16.5. The van der Waals surface area contributed by atoms with Crippen LogP contribution >= 0.6 is 45.9 Å². The third-order valence-electron chi connectivity index (χ3n) is 8.63. The number of hydrogen-bond acceptors (Lipinski definition) is 4. The Morgan fingerprint density at radius 1 is 0.683 bits per heavy atom. The molecule has 2 amide bonds. The lowest BCUT2D eigenvalue weighted by Crippen LogP contribution is -2.39. The van der Waals surface area contributed by atoms with Gasteiger partial charge in [-0.25, -0.2) is 8.78 Å². The van der Waals surface area contributed by atoms with Gasteiger partial charge in [0.15, 0.2) is 0 Å². The van der Waals surface area contributed by atoms with Gasteiger partial charge in [0.05, 0.1) is 10.0 Å². The van der Waals surface area contributed by atoms with Gasteiger partial charge in [-0.1, -0.05) is 23.2 Å². The summed E-state index contributed by atoms with van der Waals surface area (Å²) < 4.78 is 28.5. The topological polar surface area (TPSA) is 58.2 Å². The summed E-state index contributed by atoms with van der Waals surface area (Å²) >= 11 is 15.3. The molecule has 0 atom stereocenters. The van der Waals surface area contributed by atoms with Gasteiger partial charge in [0, 0.05) is 32.3 Å². The normalized spacial score (nSPS) is 23.1. The van der Waals surface area contributed by atoms with Crippen molar-refractivity contribution in [3.05, 3.63) is 67.8 Å². The molecular formula is C31H30Cl2F2N2O2S2. The van der Waals surface area contributed by atoms with E-state index in [0.29, 0.717) is 51.8 Å². The summed E-state index contributed by atoms with van der Waals surface area (Å²) in [7, 11) is 0. The van der Waals surface area contributed by atoms with Crippen LogP contribution in [0.25, 0.3) is 20.2 Å². The Bertz CT molecular complexity index is 1490. The molecule has 6 rings (SSSR count). The van der Waals surface area contributed by atoms with Crippen LogP contribution in [0, 0.1) is 23.5 Å². The quantitative estimate of drug-likeness (QED) is 0.222. The zero-order valence-corrected chi connectivity index (χ0v) is 25.4. The lowest BCUT2D eigenvalue weighted by molar-refractivity contribution is 0.0922. The van der Waals surface area contributed by atoms with Crippen molar-refractivity contribution in [3.63, 3.8) is 0 Å². The van der Waals surface area contributed by atoms with Gasteiger partial charge in [-0.15, -0.1) is 22.7 Å². The molecule has 2 aromatic heterocycles. The average molecular weight is 636 g/mol. The van der Waals surface area contributed by atoms with Crippen molar-refractivity contribution in [3.8, 4) is 0 Å². The van der Waals surface area contributed by atoms with Crippen LogP contribution in [0.3, 0.4) is 0 Å². The molecule has 10 heteroatoms. The van der Waals surface area contributed by atoms with E-state index >= 15 is 0 Å². The number of thiophene rings is 2. The van der Waals surface area contributed by atoms with Gasteiger partial charge in [0.2, 0.25) is 0 Å². The molecule has 2 aromatic carbocycles. The summed E-state index contributed by atoms with van der Waals surface area (Å²) in [6.07, 6.45) is 9.28. The highest BCUT2D eigenvalue weighted by atomic mass is 35.5. The SMILES string of the molecule is O=C(NC1CCC(CC2CCC(NC(=O)c3sc4cc(F)ccc4c3Cl)CC2)CC1)c1sc2cc(F)ccc2c1Cl. The number of fused-ring (bicyclic) bond motifs is 2. The van der Waals surface area contributed by atoms with Gasteiger partial charge in [-0.05, 0) is 106 Å². The first-order chi connectivity index (χ1) is 19.7. The fraction of sp³-hybridized carbons (Fsp3) is 0.419. The molecule has 0 bridgehead atoms. The summed E-state index contributed by atoms with van der Waals surface area (Å²) in [6.45, 7) is 0. The van der Waals surface area contributed by atoms with E-state index in [1.54, 1.807) is 12.1 Å². The Morgan fingerprint density at radius 3 is 1.46 bits per heavy atom. The van der Waals surface area contributed by atoms with Gasteiger partial charge < -0.3 is 10.6 Å². The van der Waals surface area contributed by atoms with Crippen molar-refractivity contribution >= 4 is 77.9 Å². The van der Waals surface area contributed by atoms with Crippen LogP contribution in [0.4, 0.5) is 8.78 Å². The maximum absolute atomic E-state index is 13.6. The Balaban J connectivity index is 0.946. The van der Waals surface area contributed by atoms with Crippen molar-refractivity contribution < 1.29 is 18.4 Å². The number of halogens is 4. The Hall–Kier alpha value is -2.26. The van der Waals surface area contributed by atoms with Crippen LogP contribution in [-0.2, 0) is 0 Å². The van der Waals surface area contributed by atoms with E-state index in [1.807, 2.05) is 0 Å². The van der Waals surface area contributed by atoms with E-state index in [0.717, 1.165) is 51.4 Å². The highest BCUT2D eigenvalue weighted by molar-refractivity contribution is 7.22. The monoisotopic (exact) mass is 634 g/mol. The summed E-state index contributed by atoms with van der Waals surface area (Å²) in [6, 6.07) is 9.05. The predicted octanol–water partition coefficient (Wildman–Crippen LogP) is 9.37. The highest BCUT2D eigenvalue weighted by Crippen LogP contribution is 2.39.